The molecular weight excluding hydrogens is 468 g/mol. The van der Waals surface area contributed by atoms with Crippen molar-refractivity contribution in [3.63, 3.8) is 0 Å². The van der Waals surface area contributed by atoms with Crippen LogP contribution in [0.2, 0.25) is 0 Å². The van der Waals surface area contributed by atoms with E-state index in [-0.39, 0.29) is 0 Å². The number of benzene rings is 2. The minimum Gasteiger partial charge on any atom is -0.473 e. The minimum absolute atomic E-state index is 0.686. The van der Waals surface area contributed by atoms with Crippen LogP contribution in [0.1, 0.15) is 30.9 Å². The molecule has 0 radical (unpaired) electrons. The molecule has 1 fully saturated rings. The van der Waals surface area contributed by atoms with Crippen LogP contribution in [0.5, 0.6) is 0 Å². The maximum atomic E-state index is 9.10. The van der Waals surface area contributed by atoms with Crippen LogP contribution in [0.3, 0.4) is 0 Å². The Labute approximate surface area is 218 Å². The first-order chi connectivity index (χ1) is 17.9. The molecule has 8 heteroatoms. The number of hydrogen-bond acceptors (Lipinski definition) is 5. The molecule has 2 aromatic carbocycles. The predicted molar refractivity (Wildman–Crippen MR) is 146 cm³/mol. The van der Waals surface area contributed by atoms with E-state index < -0.39 is 11.9 Å². The SMILES string of the molecule is CCCN(CCN1CCN(c2ccccc2)CC1)C1CCc2cc3cc[nH]c3cc2C1.O=C(O)C(=O)O. The number of nitrogens with one attached hydrogen (secondary N) is 1. The first-order valence-corrected chi connectivity index (χ1v) is 13.3. The molecule has 3 aromatic rings. The minimum atomic E-state index is -1.82. The van der Waals surface area contributed by atoms with Gasteiger partial charge < -0.3 is 20.1 Å². The van der Waals surface area contributed by atoms with Crippen molar-refractivity contribution in [3.05, 3.63) is 65.9 Å². The lowest BCUT2D eigenvalue weighted by Crippen LogP contribution is -2.50. The summed E-state index contributed by atoms with van der Waals surface area (Å²) in [4.78, 5) is 29.6. The predicted octanol–water partition coefficient (Wildman–Crippen LogP) is 3.72. The molecule has 2 aliphatic rings. The normalized spacial score (nSPS) is 17.8. The van der Waals surface area contributed by atoms with Gasteiger partial charge in [0.05, 0.1) is 0 Å². The summed E-state index contributed by atoms with van der Waals surface area (Å²) in [6, 6.07) is 18.6. The standard InChI is InChI=1S/C27H36N4.C2H2O4/c1-2-12-30(16-13-29-14-17-31(18-15-29)25-6-4-3-5-7-25)26-9-8-22-19-23-10-11-28-27(23)21-24(22)20-26;3-1(4)2(5)6/h3-7,10-11,19,21,26,28H,2,8-9,12-18,20H2,1H3;(H,3,4)(H,5,6). The second-order valence-corrected chi connectivity index (χ2v) is 9.89. The fourth-order valence-electron chi connectivity index (χ4n) is 5.51. The van der Waals surface area contributed by atoms with E-state index in [1.807, 2.05) is 0 Å². The van der Waals surface area contributed by atoms with Crippen LogP contribution in [-0.4, -0.2) is 88.8 Å². The topological polar surface area (TPSA) is 100 Å². The van der Waals surface area contributed by atoms with E-state index in [9.17, 15) is 0 Å². The number of aromatic nitrogens is 1. The number of carbonyl (C=O) groups is 2. The summed E-state index contributed by atoms with van der Waals surface area (Å²) in [6.45, 7) is 10.6. The van der Waals surface area contributed by atoms with Crippen molar-refractivity contribution in [3.8, 4) is 0 Å². The fourth-order valence-corrected chi connectivity index (χ4v) is 5.51. The van der Waals surface area contributed by atoms with Gasteiger partial charge in [-0.2, -0.15) is 0 Å². The third-order valence-electron chi connectivity index (χ3n) is 7.48. The number of piperazine rings is 1. The van der Waals surface area contributed by atoms with E-state index in [0.29, 0.717) is 6.04 Å². The number of fused-ring (bicyclic) bond motifs is 2. The molecule has 37 heavy (non-hydrogen) atoms. The smallest absolute Gasteiger partial charge is 0.414 e. The number of nitrogens with zero attached hydrogens (tertiary/aromatic N) is 3. The lowest BCUT2D eigenvalue weighted by atomic mass is 9.86. The zero-order valence-electron chi connectivity index (χ0n) is 21.6. The van der Waals surface area contributed by atoms with Crippen LogP contribution in [0, 0.1) is 0 Å². The maximum absolute atomic E-state index is 9.10. The Kier molecular flexibility index (Phi) is 9.19. The summed E-state index contributed by atoms with van der Waals surface area (Å²) in [7, 11) is 0. The molecule has 0 bridgehead atoms. The third kappa shape index (κ3) is 7.11. The molecule has 0 amide bonds. The molecule has 1 aromatic heterocycles. The quantitative estimate of drug-likeness (QED) is 0.420. The van der Waals surface area contributed by atoms with Gasteiger partial charge in [-0.15, -0.1) is 0 Å². The Morgan fingerprint density at radius 2 is 1.70 bits per heavy atom. The molecule has 1 atom stereocenters. The highest BCUT2D eigenvalue weighted by Gasteiger charge is 2.25. The molecule has 8 nitrogen and oxygen atoms in total. The highest BCUT2D eigenvalue weighted by atomic mass is 16.4. The number of H-pyrrole nitrogens is 1. The average Bonchev–Trinajstić information content (AvgIpc) is 3.38. The lowest BCUT2D eigenvalue weighted by Gasteiger charge is -2.39. The molecule has 3 N–H and O–H groups in total. The van der Waals surface area contributed by atoms with Crippen molar-refractivity contribution < 1.29 is 19.8 Å². The van der Waals surface area contributed by atoms with Crippen molar-refractivity contribution in [2.75, 3.05) is 50.7 Å². The summed E-state index contributed by atoms with van der Waals surface area (Å²) < 4.78 is 0. The van der Waals surface area contributed by atoms with Crippen LogP contribution in [0.15, 0.2) is 54.7 Å². The number of aryl methyl sites for hydroxylation is 1. The Balaban J connectivity index is 0.000000480. The number of carboxylic acids is 2. The highest BCUT2D eigenvalue weighted by molar-refractivity contribution is 6.27. The van der Waals surface area contributed by atoms with E-state index in [1.54, 1.807) is 11.1 Å². The summed E-state index contributed by atoms with van der Waals surface area (Å²) in [5.41, 5.74) is 5.78. The molecule has 2 heterocycles. The zero-order valence-corrected chi connectivity index (χ0v) is 21.6. The van der Waals surface area contributed by atoms with E-state index in [4.69, 9.17) is 19.8 Å². The first-order valence-electron chi connectivity index (χ1n) is 13.3. The summed E-state index contributed by atoms with van der Waals surface area (Å²) >= 11 is 0. The van der Waals surface area contributed by atoms with Gasteiger partial charge in [0.1, 0.15) is 0 Å². The number of aliphatic carboxylic acids is 2. The molecule has 1 aliphatic heterocycles. The second kappa shape index (κ2) is 12.7. The van der Waals surface area contributed by atoms with Crippen LogP contribution in [-0.2, 0) is 22.4 Å². The highest BCUT2D eigenvalue weighted by Crippen LogP contribution is 2.28. The van der Waals surface area contributed by atoms with Gasteiger partial charge in [0, 0.05) is 62.7 Å². The van der Waals surface area contributed by atoms with E-state index in [0.717, 1.165) is 13.1 Å². The molecule has 198 valence electrons. The van der Waals surface area contributed by atoms with Crippen LogP contribution in [0.4, 0.5) is 5.69 Å². The van der Waals surface area contributed by atoms with Gasteiger partial charge in [-0.1, -0.05) is 25.1 Å². The Bertz CT molecular complexity index is 1160. The van der Waals surface area contributed by atoms with Gasteiger partial charge in [-0.25, -0.2) is 9.59 Å². The molecule has 1 aliphatic carbocycles. The molecule has 0 spiro atoms. The van der Waals surface area contributed by atoms with Crippen molar-refractivity contribution in [2.24, 2.45) is 0 Å². The van der Waals surface area contributed by atoms with Gasteiger partial charge in [0.25, 0.3) is 0 Å². The number of para-hydroxylation sites is 1. The number of carboxylic acid groups (broad SMARTS) is 2. The molecule has 1 saturated heterocycles. The van der Waals surface area contributed by atoms with Gasteiger partial charge in [0.2, 0.25) is 0 Å². The number of hydrogen-bond donors (Lipinski definition) is 3. The van der Waals surface area contributed by atoms with E-state index in [1.165, 1.54) is 75.0 Å². The Hall–Kier alpha value is -3.36. The van der Waals surface area contributed by atoms with Crippen LogP contribution >= 0.6 is 0 Å². The van der Waals surface area contributed by atoms with Crippen molar-refractivity contribution in [1.82, 2.24) is 14.8 Å². The maximum Gasteiger partial charge on any atom is 0.414 e. The van der Waals surface area contributed by atoms with Gasteiger partial charge in [-0.3, -0.25) is 9.80 Å². The Morgan fingerprint density at radius 3 is 2.38 bits per heavy atom. The number of aromatic amines is 1. The molecule has 0 saturated carbocycles. The zero-order chi connectivity index (χ0) is 26.2. The molecule has 5 rings (SSSR count). The molecule has 1 unspecified atom stereocenters. The monoisotopic (exact) mass is 506 g/mol. The molecular formula is C29H38N4O4. The van der Waals surface area contributed by atoms with Crippen LogP contribution < -0.4 is 4.90 Å². The van der Waals surface area contributed by atoms with Crippen molar-refractivity contribution in [1.29, 1.82) is 0 Å². The van der Waals surface area contributed by atoms with E-state index >= 15 is 0 Å². The largest absolute Gasteiger partial charge is 0.473 e. The van der Waals surface area contributed by atoms with Crippen molar-refractivity contribution in [2.45, 2.75) is 38.6 Å². The van der Waals surface area contributed by atoms with Gasteiger partial charge in [-0.05, 0) is 79.1 Å². The number of anilines is 1. The average molecular weight is 507 g/mol. The fraction of sp³-hybridized carbons (Fsp3) is 0.448. The lowest BCUT2D eigenvalue weighted by molar-refractivity contribution is -0.159. The Morgan fingerprint density at radius 1 is 0.973 bits per heavy atom. The number of rotatable bonds is 7. The van der Waals surface area contributed by atoms with Crippen LogP contribution in [0.25, 0.3) is 10.9 Å². The third-order valence-corrected chi connectivity index (χ3v) is 7.48. The summed E-state index contributed by atoms with van der Waals surface area (Å²) in [5, 5.41) is 16.1. The first kappa shape index (κ1) is 26.7. The van der Waals surface area contributed by atoms with E-state index in [2.05, 4.69) is 81.3 Å². The second-order valence-electron chi connectivity index (χ2n) is 9.89. The van der Waals surface area contributed by atoms with Crippen molar-refractivity contribution >= 4 is 28.5 Å². The summed E-state index contributed by atoms with van der Waals surface area (Å²) in [6.07, 6.45) is 7.02. The van der Waals surface area contributed by atoms with Gasteiger partial charge >= 0.3 is 11.9 Å². The van der Waals surface area contributed by atoms with Gasteiger partial charge in [0.15, 0.2) is 0 Å². The summed E-state index contributed by atoms with van der Waals surface area (Å²) in [5.74, 6) is -3.65.